The molecule has 2 aliphatic carbocycles. The van der Waals surface area contributed by atoms with E-state index in [2.05, 4.69) is 153 Å². The van der Waals surface area contributed by atoms with Crippen molar-refractivity contribution in [1.82, 2.24) is 30.4 Å². The number of hydrogen-bond acceptors (Lipinski definition) is 8. The van der Waals surface area contributed by atoms with Crippen molar-refractivity contribution in [2.24, 2.45) is 11.8 Å². The number of rotatable bonds is 11. The van der Waals surface area contributed by atoms with Crippen LogP contribution in [0.5, 0.6) is 0 Å². The van der Waals surface area contributed by atoms with E-state index < -0.39 is 24.1 Å². The summed E-state index contributed by atoms with van der Waals surface area (Å²) in [6, 6.07) is 14.0. The lowest BCUT2D eigenvalue weighted by Crippen LogP contribution is -2.47. The molecule has 16 heteroatoms. The van der Waals surface area contributed by atoms with Gasteiger partial charge in [0.15, 0.2) is 12.2 Å². The topological polar surface area (TPSA) is 211 Å². The van der Waals surface area contributed by atoms with Crippen LogP contribution in [-0.4, -0.2) is 128 Å². The molecule has 0 fully saturated rings. The SMILES string of the molecule is CCC[C@@H](C)NC(=O)[C@@H]1C=C2c3cccc4[nH]c(Br)c(c34)C[C@H]2N(C)C1.CCC[C@@H](C)NC(=O)[C@@H]1C=C2c3cccc4[nH]c(Br)c(c34)C[C@H]2N(C)C1.O=C(O)C(O)C(O)C(=O)O. The summed E-state index contributed by atoms with van der Waals surface area (Å²) >= 11 is 7.39. The molecule has 0 saturated heterocycles. The number of likely N-dealkylation sites (N-methyl/N-ethyl adjacent to an activating group) is 2. The number of carboxylic acids is 2. The van der Waals surface area contributed by atoms with Gasteiger partial charge in [-0.3, -0.25) is 19.4 Å². The third-order valence-corrected chi connectivity index (χ3v) is 13.7. The average molecular weight is 983 g/mol. The molecule has 2 unspecified atom stereocenters. The molecule has 2 aliphatic heterocycles. The zero-order valence-corrected chi connectivity index (χ0v) is 39.1. The predicted octanol–water partition coefficient (Wildman–Crippen LogP) is 6.09. The second-order valence-corrected chi connectivity index (χ2v) is 18.6. The molecule has 2 aromatic carbocycles. The molecule has 8 N–H and O–H groups in total. The van der Waals surface area contributed by atoms with E-state index in [0.29, 0.717) is 12.1 Å². The summed E-state index contributed by atoms with van der Waals surface area (Å²) in [6.07, 6.45) is 6.07. The number of aromatic amines is 2. The Labute approximate surface area is 378 Å². The van der Waals surface area contributed by atoms with Gasteiger partial charge in [-0.05, 0) is 131 Å². The van der Waals surface area contributed by atoms with Crippen LogP contribution >= 0.6 is 31.9 Å². The van der Waals surface area contributed by atoms with E-state index in [0.717, 1.165) is 71.9 Å². The van der Waals surface area contributed by atoms with Crippen LogP contribution in [0.15, 0.2) is 57.8 Å². The van der Waals surface area contributed by atoms with Crippen molar-refractivity contribution in [3.8, 4) is 0 Å². The van der Waals surface area contributed by atoms with Crippen LogP contribution < -0.4 is 10.6 Å². The maximum absolute atomic E-state index is 12.8. The molecule has 0 radical (unpaired) electrons. The third kappa shape index (κ3) is 9.90. The molecule has 4 heterocycles. The van der Waals surface area contributed by atoms with Crippen molar-refractivity contribution in [3.63, 3.8) is 0 Å². The highest BCUT2D eigenvalue weighted by molar-refractivity contribution is 9.10. The summed E-state index contributed by atoms with van der Waals surface area (Å²) in [7, 11) is 4.28. The second-order valence-electron chi connectivity index (χ2n) is 17.0. The van der Waals surface area contributed by atoms with Crippen LogP contribution in [0.1, 0.15) is 75.6 Å². The first-order valence-corrected chi connectivity index (χ1v) is 22.9. The number of halogens is 2. The molecule has 334 valence electrons. The minimum Gasteiger partial charge on any atom is -0.479 e. The Kier molecular flexibility index (Phi) is 15.2. The summed E-state index contributed by atoms with van der Waals surface area (Å²) in [6.45, 7) is 10.0. The Bertz CT molecular complexity index is 2230. The largest absolute Gasteiger partial charge is 0.479 e. The lowest BCUT2D eigenvalue weighted by atomic mass is 9.79. The van der Waals surface area contributed by atoms with E-state index >= 15 is 0 Å². The summed E-state index contributed by atoms with van der Waals surface area (Å²) < 4.78 is 2.17. The molecule has 0 bridgehead atoms. The molecule has 8 rings (SSSR count). The summed E-state index contributed by atoms with van der Waals surface area (Å²) in [5.41, 5.74) is 10.2. The van der Waals surface area contributed by atoms with Crippen LogP contribution in [0, 0.1) is 11.8 Å². The molecule has 4 aliphatic rings. The van der Waals surface area contributed by atoms with Gasteiger partial charge in [0.2, 0.25) is 11.8 Å². The number of fused-ring (bicyclic) bond motifs is 4. The molecule has 8 atom stereocenters. The Morgan fingerprint density at radius 1 is 0.694 bits per heavy atom. The third-order valence-electron chi connectivity index (χ3n) is 12.4. The highest BCUT2D eigenvalue weighted by atomic mass is 79.9. The summed E-state index contributed by atoms with van der Waals surface area (Å²) in [4.78, 5) is 56.7. The highest BCUT2D eigenvalue weighted by Crippen LogP contribution is 2.45. The smallest absolute Gasteiger partial charge is 0.335 e. The quantitative estimate of drug-likeness (QED) is 0.0868. The number of amides is 2. The minimum atomic E-state index is -2.27. The normalized spacial score (nSPS) is 22.2. The van der Waals surface area contributed by atoms with Gasteiger partial charge in [0, 0.05) is 59.1 Å². The van der Waals surface area contributed by atoms with Gasteiger partial charge in [-0.1, -0.05) is 63.1 Å². The maximum atomic E-state index is 12.8. The molecule has 2 aromatic heterocycles. The van der Waals surface area contributed by atoms with Gasteiger partial charge in [-0.25, -0.2) is 9.59 Å². The Morgan fingerprint density at radius 2 is 1.06 bits per heavy atom. The van der Waals surface area contributed by atoms with Crippen molar-refractivity contribution in [2.45, 2.75) is 103 Å². The lowest BCUT2D eigenvalue weighted by Gasteiger charge is -2.39. The molecule has 4 aromatic rings. The van der Waals surface area contributed by atoms with E-state index in [-0.39, 0.29) is 35.7 Å². The van der Waals surface area contributed by atoms with Gasteiger partial charge < -0.3 is 41.0 Å². The number of aliphatic carboxylic acids is 2. The van der Waals surface area contributed by atoms with Gasteiger partial charge in [0.25, 0.3) is 0 Å². The van der Waals surface area contributed by atoms with Crippen molar-refractivity contribution < 1.29 is 39.6 Å². The van der Waals surface area contributed by atoms with Crippen LogP contribution in [0.3, 0.4) is 0 Å². The zero-order valence-electron chi connectivity index (χ0n) is 36.0. The Hall–Kier alpha value is -4.32. The van der Waals surface area contributed by atoms with Crippen molar-refractivity contribution in [1.29, 1.82) is 0 Å². The predicted molar refractivity (Wildman–Crippen MR) is 247 cm³/mol. The Morgan fingerprint density at radius 3 is 1.40 bits per heavy atom. The van der Waals surface area contributed by atoms with Crippen molar-refractivity contribution in [3.05, 3.63) is 80.0 Å². The molecule has 0 spiro atoms. The standard InChI is InChI=1S/2C21H26BrN3O.C4H6O6/c2*1-4-6-12(2)23-21(26)13-9-15-14-7-5-8-17-19(14)16(20(22)24-17)10-18(15)25(3)11-13;5-1(3(7)8)2(6)4(9)10/h2*5,7-9,12-13,18,24H,4,6,10-11H2,1-3H3,(H,23,26);1-2,5-6H,(H,7,8)(H,9,10)/t2*12-,13-,18-;/m11./s1. The number of nitrogens with zero attached hydrogens (tertiary/aromatic N) is 2. The average Bonchev–Trinajstić information content (AvgIpc) is 3.73. The van der Waals surface area contributed by atoms with Crippen LogP contribution in [0.4, 0.5) is 0 Å². The van der Waals surface area contributed by atoms with Gasteiger partial charge in [-0.15, -0.1) is 0 Å². The molecule has 62 heavy (non-hydrogen) atoms. The van der Waals surface area contributed by atoms with E-state index in [4.69, 9.17) is 20.4 Å². The monoisotopic (exact) mass is 980 g/mol. The molecule has 2 amide bonds. The molecule has 14 nitrogen and oxygen atoms in total. The lowest BCUT2D eigenvalue weighted by molar-refractivity contribution is -0.165. The number of hydrogen-bond donors (Lipinski definition) is 8. The van der Waals surface area contributed by atoms with Gasteiger partial charge in [0.05, 0.1) is 21.0 Å². The molecular formula is C46H58Br2N6O8. The van der Waals surface area contributed by atoms with Crippen LogP contribution in [-0.2, 0) is 32.0 Å². The molecule has 0 saturated carbocycles. The van der Waals surface area contributed by atoms with E-state index in [1.165, 1.54) is 44.2 Å². The number of benzene rings is 2. The van der Waals surface area contributed by atoms with E-state index in [1.807, 2.05) is 0 Å². The van der Waals surface area contributed by atoms with Crippen molar-refractivity contribution in [2.75, 3.05) is 27.2 Å². The first-order valence-electron chi connectivity index (χ1n) is 21.3. The molecular weight excluding hydrogens is 924 g/mol. The zero-order chi connectivity index (χ0) is 45.2. The first-order chi connectivity index (χ1) is 29.4. The highest BCUT2D eigenvalue weighted by Gasteiger charge is 2.38. The number of aliphatic hydroxyl groups is 2. The summed E-state index contributed by atoms with van der Waals surface area (Å²) in [5.74, 6) is -3.42. The first kappa shape index (κ1) is 47.2. The summed E-state index contributed by atoms with van der Waals surface area (Å²) in [5, 5.41) is 41.5. The number of aromatic nitrogens is 2. The van der Waals surface area contributed by atoms with Crippen LogP contribution in [0.2, 0.25) is 0 Å². The van der Waals surface area contributed by atoms with Crippen molar-refractivity contribution >= 4 is 88.6 Å². The van der Waals surface area contributed by atoms with E-state index in [1.54, 1.807) is 0 Å². The number of aliphatic hydroxyl groups excluding tert-OH is 2. The number of carbonyl (C=O) groups excluding carboxylic acids is 2. The van der Waals surface area contributed by atoms with Gasteiger partial charge in [0.1, 0.15) is 0 Å². The fraction of sp³-hybridized carbons (Fsp3) is 0.478. The maximum Gasteiger partial charge on any atom is 0.335 e. The fourth-order valence-electron chi connectivity index (χ4n) is 9.30. The second kappa shape index (κ2) is 20.0. The Balaban J connectivity index is 0.000000171. The van der Waals surface area contributed by atoms with Gasteiger partial charge >= 0.3 is 11.9 Å². The van der Waals surface area contributed by atoms with Crippen LogP contribution in [0.25, 0.3) is 33.0 Å². The minimum absolute atomic E-state index is 0.0928. The number of carboxylic acid groups (broad SMARTS) is 2. The van der Waals surface area contributed by atoms with E-state index in [9.17, 15) is 19.2 Å². The number of nitrogens with one attached hydrogen (secondary N) is 4. The van der Waals surface area contributed by atoms with Gasteiger partial charge in [-0.2, -0.15) is 0 Å². The number of carbonyl (C=O) groups is 4. The number of H-pyrrole nitrogens is 2. The fourth-order valence-corrected chi connectivity index (χ4v) is 10.4.